The summed E-state index contributed by atoms with van der Waals surface area (Å²) in [6.45, 7) is 11.8. The summed E-state index contributed by atoms with van der Waals surface area (Å²) >= 11 is 0. The molecule has 0 aromatic heterocycles. The fourth-order valence-corrected chi connectivity index (χ4v) is 2.84. The fraction of sp³-hybridized carbons (Fsp3) is 1.00. The zero-order valence-electron chi connectivity index (χ0n) is 12.9. The van der Waals surface area contributed by atoms with Crippen LogP contribution >= 0.6 is 0 Å². The molecule has 1 saturated carbocycles. The molecule has 3 nitrogen and oxygen atoms in total. The van der Waals surface area contributed by atoms with E-state index in [0.29, 0.717) is 5.92 Å². The van der Waals surface area contributed by atoms with Gasteiger partial charge < -0.3 is 15.3 Å². The third-order valence-electron chi connectivity index (χ3n) is 3.70. The van der Waals surface area contributed by atoms with Crippen LogP contribution in [0.5, 0.6) is 0 Å². The van der Waals surface area contributed by atoms with E-state index in [9.17, 15) is 5.11 Å². The van der Waals surface area contributed by atoms with Crippen LogP contribution in [0, 0.1) is 5.92 Å². The molecule has 1 unspecified atom stereocenters. The van der Waals surface area contributed by atoms with E-state index in [-0.39, 0.29) is 5.54 Å². The van der Waals surface area contributed by atoms with Crippen molar-refractivity contribution in [3.05, 3.63) is 0 Å². The summed E-state index contributed by atoms with van der Waals surface area (Å²) in [6.07, 6.45) is 4.33. The van der Waals surface area contributed by atoms with E-state index in [2.05, 4.69) is 45.0 Å². The van der Waals surface area contributed by atoms with E-state index in [1.54, 1.807) is 0 Å². The molecule has 1 atom stereocenters. The van der Waals surface area contributed by atoms with Gasteiger partial charge in [-0.2, -0.15) is 0 Å². The molecule has 0 radical (unpaired) electrons. The summed E-state index contributed by atoms with van der Waals surface area (Å²) in [5.74, 6) is 0.610. The molecular weight excluding hydrogens is 224 g/mol. The van der Waals surface area contributed by atoms with Crippen LogP contribution in [-0.2, 0) is 0 Å². The Kier molecular flexibility index (Phi) is 5.63. The molecule has 2 N–H and O–H groups in total. The zero-order valence-corrected chi connectivity index (χ0v) is 12.9. The van der Waals surface area contributed by atoms with Gasteiger partial charge in [0.2, 0.25) is 0 Å². The zero-order chi connectivity index (χ0) is 13.8. The molecule has 0 bridgehead atoms. The molecule has 0 amide bonds. The van der Waals surface area contributed by atoms with Crippen molar-refractivity contribution in [2.75, 3.05) is 26.7 Å². The Labute approximate surface area is 113 Å². The summed E-state index contributed by atoms with van der Waals surface area (Å²) in [6, 6.07) is 0. The molecule has 3 heteroatoms. The Bertz CT molecular complexity index is 241. The number of nitrogens with one attached hydrogen (secondary N) is 1. The van der Waals surface area contributed by atoms with Crippen molar-refractivity contribution in [1.29, 1.82) is 0 Å². The van der Waals surface area contributed by atoms with E-state index >= 15 is 0 Å². The number of nitrogens with zero attached hydrogens (tertiary/aromatic N) is 1. The van der Waals surface area contributed by atoms with Crippen LogP contribution < -0.4 is 5.32 Å². The monoisotopic (exact) mass is 256 g/mol. The van der Waals surface area contributed by atoms with Gasteiger partial charge in [-0.1, -0.05) is 19.8 Å². The van der Waals surface area contributed by atoms with Crippen molar-refractivity contribution in [2.24, 2.45) is 5.92 Å². The second-order valence-electron chi connectivity index (χ2n) is 7.36. The summed E-state index contributed by atoms with van der Waals surface area (Å²) < 4.78 is 0. The SMILES string of the molecule is CC(CNC(C)(C)C)CN(C)CC1(O)CCCC1. The first-order valence-electron chi connectivity index (χ1n) is 7.36. The maximum Gasteiger partial charge on any atom is 0.0774 e. The lowest BCUT2D eigenvalue weighted by atomic mass is 10.0. The minimum Gasteiger partial charge on any atom is -0.389 e. The molecule has 0 spiro atoms. The quantitative estimate of drug-likeness (QED) is 0.765. The largest absolute Gasteiger partial charge is 0.389 e. The van der Waals surface area contributed by atoms with Crippen molar-refractivity contribution in [1.82, 2.24) is 10.2 Å². The van der Waals surface area contributed by atoms with Crippen LogP contribution in [0.1, 0.15) is 53.4 Å². The molecule has 0 heterocycles. The predicted molar refractivity (Wildman–Crippen MR) is 77.8 cm³/mol. The Balaban J connectivity index is 2.24. The van der Waals surface area contributed by atoms with E-state index in [4.69, 9.17) is 0 Å². The number of hydrogen-bond acceptors (Lipinski definition) is 3. The molecule has 1 fully saturated rings. The summed E-state index contributed by atoms with van der Waals surface area (Å²) in [5.41, 5.74) is -0.220. The Morgan fingerprint density at radius 3 is 2.33 bits per heavy atom. The highest BCUT2D eigenvalue weighted by molar-refractivity contribution is 4.87. The van der Waals surface area contributed by atoms with Gasteiger partial charge in [0.1, 0.15) is 0 Å². The average Bonchev–Trinajstić information content (AvgIpc) is 2.60. The maximum atomic E-state index is 10.4. The molecule has 0 saturated heterocycles. The van der Waals surface area contributed by atoms with Gasteiger partial charge in [-0.3, -0.25) is 0 Å². The van der Waals surface area contributed by atoms with Gasteiger partial charge in [0.25, 0.3) is 0 Å². The lowest BCUT2D eigenvalue weighted by Gasteiger charge is -2.31. The smallest absolute Gasteiger partial charge is 0.0774 e. The van der Waals surface area contributed by atoms with Gasteiger partial charge >= 0.3 is 0 Å². The van der Waals surface area contributed by atoms with E-state index < -0.39 is 5.60 Å². The average molecular weight is 256 g/mol. The van der Waals surface area contributed by atoms with Crippen LogP contribution in [-0.4, -0.2) is 47.8 Å². The Morgan fingerprint density at radius 1 is 1.28 bits per heavy atom. The first kappa shape index (κ1) is 15.9. The summed E-state index contributed by atoms with van der Waals surface area (Å²) in [5, 5.41) is 13.9. The lowest BCUT2D eigenvalue weighted by Crippen LogP contribution is -2.44. The highest BCUT2D eigenvalue weighted by atomic mass is 16.3. The van der Waals surface area contributed by atoms with Crippen LogP contribution in [0.4, 0.5) is 0 Å². The molecule has 1 aliphatic rings. The van der Waals surface area contributed by atoms with Gasteiger partial charge in [-0.15, -0.1) is 0 Å². The topological polar surface area (TPSA) is 35.5 Å². The molecule has 108 valence electrons. The minimum absolute atomic E-state index is 0.191. The number of rotatable bonds is 6. The predicted octanol–water partition coefficient (Wildman–Crippen LogP) is 2.25. The number of likely N-dealkylation sites (N-methyl/N-ethyl adjacent to an activating group) is 1. The Morgan fingerprint density at radius 2 is 1.83 bits per heavy atom. The fourth-order valence-electron chi connectivity index (χ4n) is 2.84. The minimum atomic E-state index is -0.411. The number of aliphatic hydroxyl groups is 1. The molecule has 0 aromatic rings. The molecule has 18 heavy (non-hydrogen) atoms. The normalized spacial score (nSPS) is 21.5. The summed E-state index contributed by atoms with van der Waals surface area (Å²) in [4.78, 5) is 2.29. The van der Waals surface area contributed by atoms with Gasteiger partial charge in [-0.25, -0.2) is 0 Å². The highest BCUT2D eigenvalue weighted by Crippen LogP contribution is 2.29. The first-order chi connectivity index (χ1) is 8.20. The number of hydrogen-bond donors (Lipinski definition) is 2. The second kappa shape index (κ2) is 6.36. The first-order valence-corrected chi connectivity index (χ1v) is 7.36. The van der Waals surface area contributed by atoms with Crippen molar-refractivity contribution in [2.45, 2.75) is 64.5 Å². The van der Waals surface area contributed by atoms with Crippen LogP contribution in [0.3, 0.4) is 0 Å². The molecule has 0 aliphatic heterocycles. The van der Waals surface area contributed by atoms with Crippen molar-refractivity contribution in [3.63, 3.8) is 0 Å². The lowest BCUT2D eigenvalue weighted by molar-refractivity contribution is 0.0133. The van der Waals surface area contributed by atoms with E-state index in [1.807, 2.05) is 0 Å². The van der Waals surface area contributed by atoms with Crippen LogP contribution in [0.2, 0.25) is 0 Å². The second-order valence-corrected chi connectivity index (χ2v) is 7.36. The Hall–Kier alpha value is -0.120. The maximum absolute atomic E-state index is 10.4. The van der Waals surface area contributed by atoms with Crippen molar-refractivity contribution >= 4 is 0 Å². The molecule has 0 aromatic carbocycles. The van der Waals surface area contributed by atoms with Crippen LogP contribution in [0.15, 0.2) is 0 Å². The molecule has 1 rings (SSSR count). The van der Waals surface area contributed by atoms with Crippen molar-refractivity contribution in [3.8, 4) is 0 Å². The van der Waals surface area contributed by atoms with E-state index in [0.717, 1.165) is 32.5 Å². The van der Waals surface area contributed by atoms with Crippen molar-refractivity contribution < 1.29 is 5.11 Å². The van der Waals surface area contributed by atoms with Gasteiger partial charge in [0, 0.05) is 18.6 Å². The summed E-state index contributed by atoms with van der Waals surface area (Å²) in [7, 11) is 2.13. The molecule has 1 aliphatic carbocycles. The third kappa shape index (κ3) is 6.17. The van der Waals surface area contributed by atoms with Gasteiger partial charge in [0.05, 0.1) is 5.60 Å². The van der Waals surface area contributed by atoms with E-state index in [1.165, 1.54) is 12.8 Å². The highest BCUT2D eigenvalue weighted by Gasteiger charge is 2.32. The van der Waals surface area contributed by atoms with Gasteiger partial charge in [-0.05, 0) is 53.1 Å². The third-order valence-corrected chi connectivity index (χ3v) is 3.70. The van der Waals surface area contributed by atoms with Gasteiger partial charge in [0.15, 0.2) is 0 Å². The standard InChI is InChI=1S/C15H32N2O/c1-13(10-16-14(2,3)4)11-17(5)12-15(18)8-6-7-9-15/h13,16,18H,6-12H2,1-5H3. The van der Waals surface area contributed by atoms with Crippen LogP contribution in [0.25, 0.3) is 0 Å². The molecular formula is C15H32N2O.